The van der Waals surface area contributed by atoms with Gasteiger partial charge in [-0.15, -0.1) is 0 Å². The van der Waals surface area contributed by atoms with Crippen LogP contribution in [0.15, 0.2) is 18.2 Å². The molecule has 1 aliphatic rings. The zero-order valence-corrected chi connectivity index (χ0v) is 13.2. The minimum atomic E-state index is -0.842. The van der Waals surface area contributed by atoms with Crippen LogP contribution in [0.25, 0.3) is 0 Å². The van der Waals surface area contributed by atoms with Crippen LogP contribution in [-0.4, -0.2) is 35.5 Å². The Morgan fingerprint density at radius 2 is 2.10 bits per heavy atom. The summed E-state index contributed by atoms with van der Waals surface area (Å²) in [4.78, 5) is 24.3. The van der Waals surface area contributed by atoms with E-state index in [-0.39, 0.29) is 24.2 Å². The molecule has 1 aromatic carbocycles. The number of benzene rings is 1. The minimum Gasteiger partial charge on any atom is -0.481 e. The molecular weight excluding hydrogens is 313 g/mol. The fraction of sp³-hybridized carbons (Fsp3) is 0.467. The predicted molar refractivity (Wildman–Crippen MR) is 81.8 cm³/mol. The number of hydrogen-bond donors (Lipinski definition) is 1. The maximum Gasteiger partial charge on any atom is 0.303 e. The molecule has 0 saturated heterocycles. The second-order valence-electron chi connectivity index (χ2n) is 5.35. The first-order chi connectivity index (χ1) is 9.91. The summed E-state index contributed by atoms with van der Waals surface area (Å²) < 4.78 is 0. The summed E-state index contributed by atoms with van der Waals surface area (Å²) in [5.41, 5.74) is 0.918. The molecule has 0 aliphatic heterocycles. The van der Waals surface area contributed by atoms with Crippen LogP contribution in [0, 0.1) is 5.92 Å². The molecule has 6 heteroatoms. The molecule has 1 saturated carbocycles. The number of halogens is 2. The smallest absolute Gasteiger partial charge is 0.303 e. The predicted octanol–water partition coefficient (Wildman–Crippen LogP) is 3.42. The third-order valence-electron chi connectivity index (χ3n) is 3.75. The standard InChI is InChI=1S/C15H17Cl2NO3/c1-18(7-3-6-13(19)20)15(21)11-8-10(11)9-4-2-5-12(16)14(9)17/h2,4-5,10-11H,3,6-8H2,1H3,(H,19,20). The lowest BCUT2D eigenvalue weighted by atomic mass is 10.1. The third-order valence-corrected chi connectivity index (χ3v) is 4.58. The minimum absolute atomic E-state index is 0.0430. The number of hydrogen-bond acceptors (Lipinski definition) is 2. The van der Waals surface area contributed by atoms with Gasteiger partial charge in [0.2, 0.25) is 5.91 Å². The Hall–Kier alpha value is -1.26. The van der Waals surface area contributed by atoms with Crippen LogP contribution in [-0.2, 0) is 9.59 Å². The summed E-state index contributed by atoms with van der Waals surface area (Å²) in [5.74, 6) is -0.756. The first-order valence-electron chi connectivity index (χ1n) is 6.82. The summed E-state index contributed by atoms with van der Waals surface area (Å²) >= 11 is 12.2. The van der Waals surface area contributed by atoms with Crippen LogP contribution in [0.5, 0.6) is 0 Å². The molecule has 1 amide bonds. The largest absolute Gasteiger partial charge is 0.481 e. The van der Waals surface area contributed by atoms with E-state index in [9.17, 15) is 9.59 Å². The Balaban J connectivity index is 1.91. The van der Waals surface area contributed by atoms with E-state index in [1.54, 1.807) is 18.0 Å². The molecule has 114 valence electrons. The quantitative estimate of drug-likeness (QED) is 0.869. The molecule has 0 spiro atoms. The molecule has 1 aliphatic carbocycles. The highest BCUT2D eigenvalue weighted by Crippen LogP contribution is 2.51. The number of carbonyl (C=O) groups is 2. The van der Waals surface area contributed by atoms with Crippen molar-refractivity contribution in [3.8, 4) is 0 Å². The van der Waals surface area contributed by atoms with Crippen LogP contribution < -0.4 is 0 Å². The molecule has 2 unspecified atom stereocenters. The van der Waals surface area contributed by atoms with E-state index in [2.05, 4.69) is 0 Å². The summed E-state index contributed by atoms with van der Waals surface area (Å²) in [6.45, 7) is 0.456. The van der Waals surface area contributed by atoms with Gasteiger partial charge in [0, 0.05) is 25.9 Å². The SMILES string of the molecule is CN(CCCC(=O)O)C(=O)C1CC1c1cccc(Cl)c1Cl. The molecule has 2 atom stereocenters. The second kappa shape index (κ2) is 6.67. The third kappa shape index (κ3) is 3.89. The van der Waals surface area contributed by atoms with E-state index in [0.717, 1.165) is 12.0 Å². The number of aliphatic carboxylic acids is 1. The van der Waals surface area contributed by atoms with Gasteiger partial charge in [0.1, 0.15) is 0 Å². The highest BCUT2D eigenvalue weighted by Gasteiger charge is 2.46. The van der Waals surface area contributed by atoms with Crippen molar-refractivity contribution in [2.75, 3.05) is 13.6 Å². The maximum atomic E-state index is 12.3. The van der Waals surface area contributed by atoms with Crippen LogP contribution in [0.1, 0.15) is 30.7 Å². The lowest BCUT2D eigenvalue weighted by Gasteiger charge is -2.16. The van der Waals surface area contributed by atoms with E-state index >= 15 is 0 Å². The highest BCUT2D eigenvalue weighted by atomic mass is 35.5. The van der Waals surface area contributed by atoms with Crippen molar-refractivity contribution in [3.05, 3.63) is 33.8 Å². The summed E-state index contributed by atoms with van der Waals surface area (Å²) in [6.07, 6.45) is 1.31. The lowest BCUT2D eigenvalue weighted by molar-refractivity contribution is -0.138. The van der Waals surface area contributed by atoms with Gasteiger partial charge in [-0.25, -0.2) is 0 Å². The van der Waals surface area contributed by atoms with Crippen molar-refractivity contribution in [1.82, 2.24) is 4.90 Å². The number of carbonyl (C=O) groups excluding carboxylic acids is 1. The molecule has 1 N–H and O–H groups in total. The van der Waals surface area contributed by atoms with Gasteiger partial charge >= 0.3 is 5.97 Å². The number of rotatable bonds is 6. The monoisotopic (exact) mass is 329 g/mol. The summed E-state index contributed by atoms with van der Waals surface area (Å²) in [5, 5.41) is 9.63. The van der Waals surface area contributed by atoms with E-state index in [1.165, 1.54) is 0 Å². The average Bonchev–Trinajstić information content (AvgIpc) is 3.20. The van der Waals surface area contributed by atoms with Gasteiger partial charge < -0.3 is 10.0 Å². The van der Waals surface area contributed by atoms with E-state index in [4.69, 9.17) is 28.3 Å². The first kappa shape index (κ1) is 16.1. The van der Waals surface area contributed by atoms with Gasteiger partial charge in [-0.2, -0.15) is 0 Å². The van der Waals surface area contributed by atoms with Crippen LogP contribution in [0.3, 0.4) is 0 Å². The summed E-state index contributed by atoms with van der Waals surface area (Å²) in [7, 11) is 1.71. The van der Waals surface area contributed by atoms with Gasteiger partial charge in [-0.3, -0.25) is 9.59 Å². The zero-order valence-electron chi connectivity index (χ0n) is 11.7. The number of amides is 1. The normalized spacial score (nSPS) is 20.1. The number of nitrogens with zero attached hydrogens (tertiary/aromatic N) is 1. The molecule has 0 heterocycles. The van der Waals surface area contributed by atoms with Gasteiger partial charge in [0.15, 0.2) is 0 Å². The molecule has 4 nitrogen and oxygen atoms in total. The van der Waals surface area contributed by atoms with Gasteiger partial charge in [-0.05, 0) is 30.4 Å². The fourth-order valence-electron chi connectivity index (χ4n) is 2.48. The molecule has 21 heavy (non-hydrogen) atoms. The zero-order chi connectivity index (χ0) is 15.6. The van der Waals surface area contributed by atoms with Crippen molar-refractivity contribution in [2.24, 2.45) is 5.92 Å². The Bertz CT molecular complexity index is 562. The van der Waals surface area contributed by atoms with Crippen molar-refractivity contribution >= 4 is 35.1 Å². The Labute approximate surface area is 133 Å². The molecule has 1 fully saturated rings. The van der Waals surface area contributed by atoms with Crippen molar-refractivity contribution in [2.45, 2.75) is 25.2 Å². The average molecular weight is 330 g/mol. The van der Waals surface area contributed by atoms with Crippen molar-refractivity contribution in [1.29, 1.82) is 0 Å². The van der Waals surface area contributed by atoms with Crippen LogP contribution >= 0.6 is 23.2 Å². The molecule has 0 radical (unpaired) electrons. The molecule has 0 aromatic heterocycles. The molecule has 2 rings (SSSR count). The van der Waals surface area contributed by atoms with Gasteiger partial charge in [0.05, 0.1) is 10.0 Å². The van der Waals surface area contributed by atoms with Crippen LogP contribution in [0.4, 0.5) is 0 Å². The highest BCUT2D eigenvalue weighted by molar-refractivity contribution is 6.42. The molecule has 0 bridgehead atoms. The maximum absolute atomic E-state index is 12.3. The Kier molecular flexibility index (Phi) is 5.12. The molecule has 1 aromatic rings. The van der Waals surface area contributed by atoms with E-state index < -0.39 is 5.97 Å². The van der Waals surface area contributed by atoms with Crippen molar-refractivity contribution < 1.29 is 14.7 Å². The topological polar surface area (TPSA) is 57.6 Å². The van der Waals surface area contributed by atoms with Gasteiger partial charge in [-0.1, -0.05) is 35.3 Å². The van der Waals surface area contributed by atoms with Crippen LogP contribution in [0.2, 0.25) is 10.0 Å². The Morgan fingerprint density at radius 1 is 1.38 bits per heavy atom. The van der Waals surface area contributed by atoms with E-state index in [1.807, 2.05) is 12.1 Å². The summed E-state index contributed by atoms with van der Waals surface area (Å²) in [6, 6.07) is 5.46. The lowest BCUT2D eigenvalue weighted by Crippen LogP contribution is -2.29. The van der Waals surface area contributed by atoms with Crippen molar-refractivity contribution in [3.63, 3.8) is 0 Å². The number of carboxylic acids is 1. The number of carboxylic acid groups (broad SMARTS) is 1. The van der Waals surface area contributed by atoms with E-state index in [0.29, 0.717) is 23.0 Å². The molecular formula is C15H17Cl2NO3. The Morgan fingerprint density at radius 3 is 2.76 bits per heavy atom. The van der Waals surface area contributed by atoms with Gasteiger partial charge in [0.25, 0.3) is 0 Å². The first-order valence-corrected chi connectivity index (χ1v) is 7.58. The fourth-order valence-corrected chi connectivity index (χ4v) is 2.93. The second-order valence-corrected chi connectivity index (χ2v) is 6.13.